The van der Waals surface area contributed by atoms with Gasteiger partial charge in [0.2, 0.25) is 5.69 Å². The van der Waals surface area contributed by atoms with Crippen molar-refractivity contribution >= 4 is 58.4 Å². The molecule has 2 aromatic rings. The zero-order valence-electron chi connectivity index (χ0n) is 32.5. The molecule has 11 heteroatoms. The molecule has 0 saturated heterocycles. The number of carbonyl (C=O) groups is 1. The molecule has 0 N–H and O–H groups in total. The number of hydrogen-bond acceptors (Lipinski definition) is 7. The van der Waals surface area contributed by atoms with Crippen molar-refractivity contribution in [1.29, 1.82) is 0 Å². The number of nitrogens with zero attached hydrogens (tertiary/aromatic N) is 3. The molecule has 5 rings (SSSR count). The number of likely N-dealkylation sites (N-methyl/N-ethyl adjacent to an activating group) is 1. The van der Waals surface area contributed by atoms with Crippen LogP contribution in [0.25, 0.3) is 0 Å². The molecule has 2 aliphatic heterocycles. The molecule has 1 aliphatic carbocycles. The molecule has 2 heterocycles. The number of benzene rings is 2. The molecule has 0 atom stereocenters. The van der Waals surface area contributed by atoms with Crippen LogP contribution in [0.5, 0.6) is 0 Å². The highest BCUT2D eigenvalue weighted by Gasteiger charge is 2.45. The molecular weight excluding hydrogens is 729 g/mol. The van der Waals surface area contributed by atoms with Gasteiger partial charge in [-0.1, -0.05) is 62.5 Å². The van der Waals surface area contributed by atoms with Crippen molar-refractivity contribution < 1.29 is 28.7 Å². The first-order valence-electron chi connectivity index (χ1n) is 18.4. The number of hydrogen-bond donors (Lipinski definition) is 0. The van der Waals surface area contributed by atoms with Crippen LogP contribution in [0.4, 0.5) is 16.2 Å². The number of unbranched alkanes of at least 4 members (excludes halogenated alkanes) is 1. The molecule has 8 nitrogen and oxygen atoms in total. The number of allylic oxidation sites excluding steroid dienone is 7. The first-order valence-corrected chi connectivity index (χ1v) is 20.1. The van der Waals surface area contributed by atoms with Crippen molar-refractivity contribution in [2.24, 2.45) is 0 Å². The summed E-state index contributed by atoms with van der Waals surface area (Å²) in [6, 6.07) is 12.2. The fraction of sp³-hybridized carbons (Fsp3) is 0.476. The van der Waals surface area contributed by atoms with E-state index in [-0.39, 0.29) is 10.8 Å². The van der Waals surface area contributed by atoms with E-state index in [2.05, 4.69) is 96.0 Å². The summed E-state index contributed by atoms with van der Waals surface area (Å²) in [6.45, 7) is 18.4. The molecule has 2 aromatic carbocycles. The summed E-state index contributed by atoms with van der Waals surface area (Å²) in [5, 5.41) is 15.3. The highest BCUT2D eigenvalue weighted by atomic mass is 35.5. The minimum Gasteiger partial charge on any atom is -0.691 e. The minimum atomic E-state index is -0.645. The van der Waals surface area contributed by atoms with E-state index in [4.69, 9.17) is 27.9 Å². The van der Waals surface area contributed by atoms with Gasteiger partial charge in [-0.25, -0.2) is 4.79 Å². The summed E-state index contributed by atoms with van der Waals surface area (Å²) in [7, 11) is 1.80. The van der Waals surface area contributed by atoms with Gasteiger partial charge < -0.3 is 14.9 Å². The summed E-state index contributed by atoms with van der Waals surface area (Å²) in [5.41, 5.74) is 8.72. The Morgan fingerprint density at radius 1 is 1.00 bits per heavy atom. The molecule has 3 aliphatic rings. The maximum absolute atomic E-state index is 13.7. The van der Waals surface area contributed by atoms with Crippen molar-refractivity contribution in [2.75, 3.05) is 30.8 Å². The normalized spacial score (nSPS) is 19.3. The Bertz CT molecular complexity index is 1870. The van der Waals surface area contributed by atoms with Crippen LogP contribution in [0.15, 0.2) is 83.2 Å². The van der Waals surface area contributed by atoms with Crippen molar-refractivity contribution in [2.45, 2.75) is 104 Å². The van der Waals surface area contributed by atoms with Crippen LogP contribution in [0.3, 0.4) is 0 Å². The Labute approximate surface area is 329 Å². The number of ether oxygens (including phenoxy) is 1. The van der Waals surface area contributed by atoms with Crippen LogP contribution in [0, 0.1) is 0 Å². The van der Waals surface area contributed by atoms with E-state index < -0.39 is 11.7 Å². The van der Waals surface area contributed by atoms with Crippen LogP contribution >= 0.6 is 35.2 Å². The average Bonchev–Trinajstić information content (AvgIpc) is 3.65. The van der Waals surface area contributed by atoms with Gasteiger partial charge in [0.05, 0.1) is 11.1 Å². The number of rotatable bonds is 13. The number of halogens is 2. The van der Waals surface area contributed by atoms with Crippen LogP contribution in [0.2, 0.25) is 10.0 Å². The van der Waals surface area contributed by atoms with Crippen LogP contribution in [-0.4, -0.2) is 52.8 Å². The second-order valence-corrected chi connectivity index (χ2v) is 17.6. The lowest BCUT2D eigenvalue weighted by atomic mass is 9.81. The molecule has 0 radical (unpaired) electrons. The second kappa shape index (κ2) is 16.8. The van der Waals surface area contributed by atoms with E-state index in [0.717, 1.165) is 89.5 Å². The smallest absolute Gasteiger partial charge is 0.414 e. The van der Waals surface area contributed by atoms with Gasteiger partial charge in [-0.3, -0.25) is 9.94 Å². The Morgan fingerprint density at radius 2 is 1.70 bits per heavy atom. The van der Waals surface area contributed by atoms with Crippen molar-refractivity contribution in [3.05, 3.63) is 104 Å². The highest BCUT2D eigenvalue weighted by molar-refractivity contribution is 7.94. The first kappa shape index (κ1) is 41.1. The van der Waals surface area contributed by atoms with Gasteiger partial charge in [0.25, 0.3) is 0 Å². The molecule has 0 saturated carbocycles. The van der Waals surface area contributed by atoms with Crippen LogP contribution < -0.4 is 10.2 Å². The third-order valence-electron chi connectivity index (χ3n) is 10.3. The maximum Gasteiger partial charge on any atom is 0.414 e. The predicted octanol–water partition coefficient (Wildman–Crippen LogP) is 10.5. The molecule has 53 heavy (non-hydrogen) atoms. The van der Waals surface area contributed by atoms with Gasteiger partial charge in [0.15, 0.2) is 5.71 Å². The van der Waals surface area contributed by atoms with E-state index in [0.29, 0.717) is 17.3 Å². The van der Waals surface area contributed by atoms with E-state index in [1.807, 2.05) is 39.0 Å². The average molecular weight is 783 g/mol. The van der Waals surface area contributed by atoms with Gasteiger partial charge in [-0.2, -0.15) is 8.91 Å². The third-order valence-corrected chi connectivity index (χ3v) is 11.4. The lowest BCUT2D eigenvalue weighted by Gasteiger charge is -2.28. The molecule has 0 unspecified atom stereocenters. The summed E-state index contributed by atoms with van der Waals surface area (Å²) in [5.74, 6) is 0.587. The van der Waals surface area contributed by atoms with E-state index in [1.54, 1.807) is 11.9 Å². The molecule has 1 amide bonds. The van der Waals surface area contributed by atoms with Crippen molar-refractivity contribution in [1.82, 2.24) is 4.90 Å². The number of fused-ring (bicyclic) bond motifs is 2. The van der Waals surface area contributed by atoms with Gasteiger partial charge in [0.1, 0.15) is 12.1 Å². The summed E-state index contributed by atoms with van der Waals surface area (Å²) < 4.78 is 12.7. The standard InChI is InChI=1S/C42H53Cl2N3O5S/c1-10-11-23-46-34-19-17-30(43)26-32(34)41(5,6)36(46)21-15-28-13-14-29(38(28)45(9)39(48)50-40(2,3)4)16-22-37-42(7,8)33-27-31(44)18-20-35(33)47(37)24-12-25-53-52-51-49/h15-22,26-27H,10-14,23-25H2,1-9H3. The number of amides is 1. The Morgan fingerprint density at radius 3 is 2.38 bits per heavy atom. The fourth-order valence-electron chi connectivity index (χ4n) is 7.68. The first-order chi connectivity index (χ1) is 25.0. The van der Waals surface area contributed by atoms with E-state index in [9.17, 15) is 10.1 Å². The number of carbonyl (C=O) groups excluding carboxylic acids is 1. The zero-order valence-corrected chi connectivity index (χ0v) is 34.8. The monoisotopic (exact) mass is 781 g/mol. The lowest BCUT2D eigenvalue weighted by molar-refractivity contribution is -0.777. The third kappa shape index (κ3) is 8.93. The van der Waals surface area contributed by atoms with Gasteiger partial charge in [-0.05, 0) is 107 Å². The summed E-state index contributed by atoms with van der Waals surface area (Å²) >= 11 is 14.0. The minimum absolute atomic E-state index is 0.258. The molecule has 0 bridgehead atoms. The number of anilines is 1. The predicted molar refractivity (Wildman–Crippen MR) is 216 cm³/mol. The second-order valence-electron chi connectivity index (χ2n) is 15.9. The molecular formula is C42H53Cl2N3O5S. The molecule has 286 valence electrons. The van der Waals surface area contributed by atoms with Gasteiger partial charge >= 0.3 is 6.09 Å². The molecule has 0 spiro atoms. The highest BCUT2D eigenvalue weighted by Crippen LogP contribution is 2.49. The lowest BCUT2D eigenvalue weighted by Crippen LogP contribution is -2.34. The fourth-order valence-corrected chi connectivity index (χ4v) is 8.38. The quantitative estimate of drug-likeness (QED) is 0.0658. The van der Waals surface area contributed by atoms with Crippen LogP contribution in [0.1, 0.15) is 98.6 Å². The Hall–Kier alpha value is -3.05. The van der Waals surface area contributed by atoms with Gasteiger partial charge in [-0.15, -0.1) is 0 Å². The molecule has 0 aromatic heterocycles. The molecule has 0 fully saturated rings. The maximum atomic E-state index is 13.7. The van der Waals surface area contributed by atoms with E-state index in [1.165, 1.54) is 16.9 Å². The Kier molecular flexibility index (Phi) is 13.0. The summed E-state index contributed by atoms with van der Waals surface area (Å²) in [4.78, 5) is 17.7. The summed E-state index contributed by atoms with van der Waals surface area (Å²) in [6.07, 6.45) is 12.8. The SMILES string of the molecule is CCCCN1/C(=C/C=C2\CCC(/C=C/C3=[N+](CCCSOO[O-])c4ccc(Cl)cc4C3(C)C)=C2N(C)C(=O)OC(C)(C)C)C(C)(C)c2cc(Cl)ccc21. The van der Waals surface area contributed by atoms with Crippen molar-refractivity contribution in [3.63, 3.8) is 0 Å². The van der Waals surface area contributed by atoms with E-state index >= 15 is 0 Å². The van der Waals surface area contributed by atoms with Gasteiger partial charge in [0, 0.05) is 82.4 Å². The largest absolute Gasteiger partial charge is 0.691 e. The van der Waals surface area contributed by atoms with Crippen molar-refractivity contribution in [3.8, 4) is 0 Å². The zero-order chi connectivity index (χ0) is 38.7. The van der Waals surface area contributed by atoms with Crippen LogP contribution in [-0.2, 0) is 24.9 Å². The topological polar surface area (TPSA) is 77.3 Å². The Balaban J connectivity index is 1.59.